The number of nitriles is 4. The molecule has 116 heavy (non-hydrogen) atoms. The Kier molecular flexibility index (Phi) is 41.6. The first-order chi connectivity index (χ1) is 54.2. The number of aromatic nitrogens is 5. The molecule has 30 nitrogen and oxygen atoms in total. The number of nitrogens with zero attached hydrogens (tertiary/aromatic N) is 10. The van der Waals surface area contributed by atoms with E-state index in [0.29, 0.717) is 59.8 Å². The van der Waals surface area contributed by atoms with Crippen molar-refractivity contribution >= 4 is 122 Å². The summed E-state index contributed by atoms with van der Waals surface area (Å²) in [4.78, 5) is 42.2. The molecule has 0 aliphatic rings. The first kappa shape index (κ1) is 100.0. The fraction of sp³-hybridized carbons (Fsp3) is 0.420. The number of unbranched alkanes of at least 4 members (excludes halogenated alkanes) is 4. The molecule has 9 rings (SSSR count). The summed E-state index contributed by atoms with van der Waals surface area (Å²) >= 11 is 4.65. The van der Waals surface area contributed by atoms with E-state index in [0.717, 1.165) is 152 Å². The number of rotatable bonds is 26. The number of aryl methyl sites for hydroxylation is 8. The Morgan fingerprint density at radius 1 is 0.491 bits per heavy atom. The molecule has 15 N–H and O–H groups in total. The van der Waals surface area contributed by atoms with E-state index in [1.807, 2.05) is 92.5 Å². The first-order valence-corrected chi connectivity index (χ1v) is 41.7. The van der Waals surface area contributed by atoms with Crippen LogP contribution in [0.5, 0.6) is 0 Å². The third-order valence-corrected chi connectivity index (χ3v) is 20.2. The van der Waals surface area contributed by atoms with Crippen molar-refractivity contribution in [1.29, 1.82) is 21.0 Å². The molecule has 1 atom stereocenters. The monoisotopic (exact) mass is 1690 g/mol. The number of nitrogens with one attached hydrogen (secondary N) is 7. The number of carbonyl (C=O) groups excluding carboxylic acids is 2. The number of benzene rings is 4. The highest BCUT2D eigenvalue weighted by Gasteiger charge is 2.29. The van der Waals surface area contributed by atoms with Gasteiger partial charge < -0.3 is 59.9 Å². The Hall–Kier alpha value is -10.2. The largest absolute Gasteiger partial charge is 1.00 e. The van der Waals surface area contributed by atoms with E-state index >= 15 is 0 Å². The van der Waals surface area contributed by atoms with Gasteiger partial charge in [0.05, 0.1) is 66.4 Å². The van der Waals surface area contributed by atoms with Gasteiger partial charge in [0, 0.05) is 111 Å². The topological polar surface area (TPSA) is 480 Å². The van der Waals surface area contributed by atoms with Gasteiger partial charge in [-0.25, -0.2) is 28.4 Å². The van der Waals surface area contributed by atoms with Crippen LogP contribution in [-0.4, -0.2) is 131 Å². The van der Waals surface area contributed by atoms with E-state index in [2.05, 4.69) is 109 Å². The summed E-state index contributed by atoms with van der Waals surface area (Å²) in [6.45, 7) is 31.3. The van der Waals surface area contributed by atoms with E-state index in [4.69, 9.17) is 48.7 Å². The number of fused-ring (bicyclic) bond motifs is 4. The van der Waals surface area contributed by atoms with Crippen LogP contribution in [0.3, 0.4) is 0 Å². The zero-order chi connectivity index (χ0) is 86.0. The number of nitrogens with two attached hydrogens (primary N) is 4. The number of amides is 2. The molecule has 0 saturated heterocycles. The lowest BCUT2D eigenvalue weighted by atomic mass is 10.0. The van der Waals surface area contributed by atoms with Crippen LogP contribution in [0.25, 0.3) is 43.6 Å². The normalized spacial score (nSPS) is 11.2. The number of pyridine rings is 5. The molecule has 5 aromatic heterocycles. The zero-order valence-corrected chi connectivity index (χ0v) is 72.9. The van der Waals surface area contributed by atoms with Crippen molar-refractivity contribution in [3.05, 3.63) is 170 Å². The summed E-state index contributed by atoms with van der Waals surface area (Å²) in [6.07, 6.45) is 14.0. The Balaban J connectivity index is 0.000000373. The molecule has 0 fully saturated rings. The molecule has 2 amide bonds. The minimum atomic E-state index is -4.00. The van der Waals surface area contributed by atoms with Gasteiger partial charge in [-0.15, -0.1) is 8.42 Å². The van der Waals surface area contributed by atoms with Crippen LogP contribution in [0, 0.1) is 101 Å². The summed E-state index contributed by atoms with van der Waals surface area (Å²) in [5.74, 6) is 0. The van der Waals surface area contributed by atoms with Crippen molar-refractivity contribution < 1.29 is 56.5 Å². The molecule has 4 aromatic carbocycles. The second-order valence-electron chi connectivity index (χ2n) is 28.9. The number of hydrogen-bond donors (Lipinski definition) is 11. The van der Waals surface area contributed by atoms with E-state index in [1.165, 1.54) is 46.4 Å². The van der Waals surface area contributed by atoms with Gasteiger partial charge in [-0.2, -0.15) is 38.9 Å². The van der Waals surface area contributed by atoms with Crippen LogP contribution in [-0.2, 0) is 41.1 Å². The number of anilines is 4. The van der Waals surface area contributed by atoms with Gasteiger partial charge in [-0.3, -0.25) is 19.9 Å². The summed E-state index contributed by atoms with van der Waals surface area (Å²) in [6, 6.07) is 28.1. The smallest absolute Gasteiger partial charge is 0.474 e. The third-order valence-electron chi connectivity index (χ3n) is 17.1. The van der Waals surface area contributed by atoms with Crippen LogP contribution in [0.1, 0.15) is 160 Å². The minimum absolute atomic E-state index is 0. The van der Waals surface area contributed by atoms with Crippen molar-refractivity contribution in [2.45, 2.75) is 160 Å². The van der Waals surface area contributed by atoms with Crippen LogP contribution in [0.4, 0.5) is 32.3 Å². The van der Waals surface area contributed by atoms with Crippen molar-refractivity contribution in [1.82, 2.24) is 38.8 Å². The van der Waals surface area contributed by atoms with Crippen molar-refractivity contribution in [3.63, 3.8) is 0 Å². The number of ether oxygens (including phenoxy) is 2. The molecule has 626 valence electrons. The first-order valence-electron chi connectivity index (χ1n) is 37.2. The quantitative estimate of drug-likeness (QED) is 0.0178. The lowest BCUT2D eigenvalue weighted by Gasteiger charge is -2.19. The Morgan fingerprint density at radius 2 is 0.793 bits per heavy atom. The van der Waals surface area contributed by atoms with Crippen molar-refractivity contribution in [2.24, 2.45) is 22.3 Å². The molecule has 5 heterocycles. The standard InChI is InChI=1S/C21H29N5O4S.C16H21N5OS.C16H20N4.C12H9ClN2.C12H19N3O4S.C4H12N2.ClH/c1-14-10-17-18(11-15(14)2)24-13-16(12-22)19(17)23-8-6-7-9-25-31(28,29)26-20(27)30-21(3,4)5;1-11-7-14-15(8-12(11)2)20-10-13(9-17)16(14)19-5-3-4-6-21-23(18)22;1-11-7-14-15(8-12(11)2)20-10-13(9-18)16(14)19-6-4-3-5-17;1-7-3-10-11(4-8(7)2)15-6-9(5-14)12(10)13;1-12(2,3)19-11(16)13-20(17,18)15-8-6-10(7-9-15)14(4)5;5-3-1-2-4-6;/h10-11,13,25H,6-9H2,1-5H3,(H,23,24)(H,26,27);7-8,10,21H,3-6,18H2,1-2H3,(H,19,20);7-8,10H,3-6,17H2,1-2H3,(H,19,20);3-4,6H,1-2H3;6-9H,1-5H3;1-6H2;1H. The highest BCUT2D eigenvalue weighted by molar-refractivity contribution is 7.88. The predicted octanol–water partition coefficient (Wildman–Crippen LogP) is 8.91. The molecular formula is C81H111Cl2N21O9S3. The predicted molar refractivity (Wildman–Crippen MR) is 460 cm³/mol. The minimum Gasteiger partial charge on any atom is -1.00 e. The third kappa shape index (κ3) is 33.2. The van der Waals surface area contributed by atoms with E-state index < -0.39 is 55.0 Å². The molecule has 1 unspecified atom stereocenters. The van der Waals surface area contributed by atoms with Crippen molar-refractivity contribution in [2.75, 3.05) is 87.3 Å². The van der Waals surface area contributed by atoms with Crippen LogP contribution in [0.2, 0.25) is 5.02 Å². The number of halogens is 2. The molecule has 0 bridgehead atoms. The van der Waals surface area contributed by atoms with Gasteiger partial charge >= 0.3 is 32.6 Å². The Morgan fingerprint density at radius 3 is 1.13 bits per heavy atom. The Labute approximate surface area is 696 Å². The van der Waals surface area contributed by atoms with E-state index in [9.17, 15) is 46.4 Å². The molecule has 0 radical (unpaired) electrons. The average Bonchev–Trinajstić information content (AvgIpc) is 0.807. The van der Waals surface area contributed by atoms with Gasteiger partial charge in [0.1, 0.15) is 35.5 Å². The molecule has 0 saturated carbocycles. The fourth-order valence-electron chi connectivity index (χ4n) is 10.5. The highest BCUT2D eigenvalue weighted by atomic mass is 35.5. The molecule has 9 aromatic rings. The molecule has 35 heteroatoms. The summed E-state index contributed by atoms with van der Waals surface area (Å²) in [5, 5.41) is 56.1. The van der Waals surface area contributed by atoms with Crippen molar-refractivity contribution in [3.8, 4) is 24.3 Å². The average molecular weight is 1690 g/mol. The lowest BCUT2D eigenvalue weighted by molar-refractivity contribution is -0.512. The second-order valence-corrected chi connectivity index (χ2v) is 33.3. The maximum atomic E-state index is 11.9. The Bertz CT molecular complexity index is 5250. The lowest BCUT2D eigenvalue weighted by Crippen LogP contribution is -3.00. The van der Waals surface area contributed by atoms with Gasteiger partial charge in [0.25, 0.3) is 0 Å². The second kappa shape index (κ2) is 48.3. The molecule has 0 spiro atoms. The maximum Gasteiger partial charge on any atom is 0.474 e. The number of hydrogen-bond acceptors (Lipinski definition) is 24. The molecular weight excluding hydrogens is 1580 g/mol. The SMILES string of the molecule is CN(C)c1cc[n+](S(=O)(=O)NC(=O)OC(C)(C)C)cc1.Cc1cc2ncc(C#N)c(Cl)c2cc1C.Cc1cc2ncc(C#N)c(NCCCCN)c2cc1C.Cc1cc2ncc(C#N)c(NCCCCNS(=O)(=O)NC(=O)OC(C)(C)C)c2cc1C.Cc1cc2ncc(C#N)c(NCCCCNS(N)=O)c2cc1C.NCCCCN.[Cl-]. The number of carbonyl (C=O) groups is 2. The van der Waals surface area contributed by atoms with Crippen LogP contribution < -0.4 is 78.5 Å². The van der Waals surface area contributed by atoms with Crippen LogP contribution >= 0.6 is 11.6 Å². The van der Waals surface area contributed by atoms with Crippen LogP contribution in [0.15, 0.2) is 97.8 Å². The molecule has 0 aliphatic heterocycles. The fourth-order valence-corrected chi connectivity index (χ4v) is 12.7. The summed E-state index contributed by atoms with van der Waals surface area (Å²) in [5.41, 5.74) is 32.4. The molecule has 0 aliphatic carbocycles. The van der Waals surface area contributed by atoms with Gasteiger partial charge in [-0.1, -0.05) is 15.6 Å². The van der Waals surface area contributed by atoms with Gasteiger partial charge in [-0.05, 0) is 261 Å². The van der Waals surface area contributed by atoms with E-state index in [1.54, 1.807) is 72.3 Å². The summed E-state index contributed by atoms with van der Waals surface area (Å²) in [7, 11) is -4.31. The summed E-state index contributed by atoms with van der Waals surface area (Å²) < 4.78 is 77.8. The van der Waals surface area contributed by atoms with Gasteiger partial charge in [0.15, 0.2) is 23.6 Å². The highest BCUT2D eigenvalue weighted by Crippen LogP contribution is 2.32. The van der Waals surface area contributed by atoms with E-state index in [-0.39, 0.29) is 19.0 Å². The van der Waals surface area contributed by atoms with Gasteiger partial charge in [0.2, 0.25) is 0 Å². The maximum absolute atomic E-state index is 11.9. The zero-order valence-electron chi connectivity index (χ0n) is 69.0.